The average molecular weight is 1080 g/mol. The van der Waals surface area contributed by atoms with Gasteiger partial charge in [-0.25, -0.2) is 9.59 Å². The predicted molar refractivity (Wildman–Crippen MR) is 150 cm³/mol. The number of ketones is 1. The summed E-state index contributed by atoms with van der Waals surface area (Å²) in [5.74, 6) is -4.33. The summed E-state index contributed by atoms with van der Waals surface area (Å²) in [5, 5.41) is 60.5. The number of hydrogen-bond acceptors (Lipinski definition) is 13. The minimum absolute atomic E-state index is 0. The molecule has 6 N–H and O–H groups in total. The molecule has 1 heterocycles. The Kier molecular flexibility index (Phi) is 14.1. The molecule has 1 aliphatic heterocycles. The van der Waals surface area contributed by atoms with E-state index in [4.69, 9.17) is 18.9 Å². The second-order valence-corrected chi connectivity index (χ2v) is 13.4. The molecule has 1 saturated heterocycles. The summed E-state index contributed by atoms with van der Waals surface area (Å²) in [6, 6.07) is -1.14. The molecule has 11 atom stereocenters. The van der Waals surface area contributed by atoms with E-state index in [0.717, 1.165) is 6.92 Å². The summed E-state index contributed by atoms with van der Waals surface area (Å²) in [4.78, 5) is 51.9. The minimum atomic E-state index is -2.20. The van der Waals surface area contributed by atoms with Crippen molar-refractivity contribution in [1.82, 2.24) is 5.32 Å². The molecule has 46 heavy (non-hydrogen) atoms. The Morgan fingerprint density at radius 1 is 1.11 bits per heavy atom. The predicted octanol–water partition coefficient (Wildman–Crippen LogP) is -0.346. The first-order valence-corrected chi connectivity index (χ1v) is 15.0. The third-order valence-corrected chi connectivity index (χ3v) is 10.4. The first kappa shape index (κ1) is 42.4. The molecule has 4 aliphatic rings. The van der Waals surface area contributed by atoms with Crippen molar-refractivity contribution in [2.75, 3.05) is 13.2 Å². The summed E-state index contributed by atoms with van der Waals surface area (Å²) in [6.45, 7) is 10.1. The monoisotopic (exact) mass is 1080 g/mol. The van der Waals surface area contributed by atoms with Gasteiger partial charge in [0.15, 0.2) is 11.9 Å². The van der Waals surface area contributed by atoms with Gasteiger partial charge in [0.2, 0.25) is 0 Å². The summed E-state index contributed by atoms with van der Waals surface area (Å²) >= 11 is 0. The first-order valence-electron chi connectivity index (χ1n) is 15.0. The van der Waals surface area contributed by atoms with Crippen LogP contribution >= 0.6 is 0 Å². The molecule has 2 bridgehead atoms. The summed E-state index contributed by atoms with van der Waals surface area (Å²) in [5.41, 5.74) is -7.22. The molecule has 0 aromatic heterocycles. The Labute approximate surface area is 339 Å². The van der Waals surface area contributed by atoms with Gasteiger partial charge in [-0.05, 0) is 38.3 Å². The van der Waals surface area contributed by atoms with Crippen LogP contribution < -0.4 is 5.32 Å². The van der Waals surface area contributed by atoms with Crippen LogP contribution in [0.5, 0.6) is 0 Å². The molecule has 4 rings (SSSR count). The van der Waals surface area contributed by atoms with Crippen molar-refractivity contribution < 1.29 is 152 Å². The maximum atomic E-state index is 14.2. The second-order valence-electron chi connectivity index (χ2n) is 13.4. The van der Waals surface area contributed by atoms with Gasteiger partial charge in [0.25, 0.3) is 0 Å². The number of rotatable bonds is 7. The van der Waals surface area contributed by atoms with E-state index in [1.807, 2.05) is 0 Å². The number of aliphatic hydroxyl groups is 5. The number of hydrogen-bond donors (Lipinski definition) is 6. The first-order chi connectivity index (χ1) is 20.3. The van der Waals surface area contributed by atoms with Crippen molar-refractivity contribution >= 4 is 23.8 Å². The fraction of sp³-hybridized carbons (Fsp3) is 0.800. The zero-order valence-corrected chi connectivity index (χ0v) is 36.8. The standard InChI is InChI=1S/C30H45NO13.2Ac/c1-8-9-41-26(38)31-14(3)20(34)25(37)44-16-11-30(40)24(43-15(4)32)22-28(7,17(33)10-18-29(22,39)12-42-18)23(36)21(35)19(13(16)2)27(30,5)6;;/h14,16-18,20-22,24,33-35,39-40H,8-12H2,1-7H3,(H,31,38);;/t14-,16?,17-,18+,20+,21+,22-,24-,28+,29-,30+;;/m0../s1. The second kappa shape index (κ2) is 15.2. The van der Waals surface area contributed by atoms with Crippen molar-refractivity contribution in [3.63, 3.8) is 0 Å². The van der Waals surface area contributed by atoms with E-state index in [0.29, 0.717) is 6.42 Å². The fourth-order valence-corrected chi connectivity index (χ4v) is 7.71. The van der Waals surface area contributed by atoms with Crippen LogP contribution in [0.25, 0.3) is 0 Å². The minimum Gasteiger partial charge on any atom is -0.459 e. The Hall–Kier alpha value is 0.263. The van der Waals surface area contributed by atoms with Gasteiger partial charge in [0.05, 0.1) is 36.9 Å². The number of esters is 2. The van der Waals surface area contributed by atoms with Gasteiger partial charge in [-0.2, -0.15) is 0 Å². The van der Waals surface area contributed by atoms with Crippen LogP contribution in [-0.4, -0.2) is 116 Å². The van der Waals surface area contributed by atoms with Gasteiger partial charge < -0.3 is 49.8 Å². The van der Waals surface area contributed by atoms with Crippen LogP contribution in [-0.2, 0) is 33.3 Å². The van der Waals surface area contributed by atoms with Crippen LogP contribution in [0, 0.1) is 105 Å². The number of Topliss-reactive ketones (excluding diaryl/α,β-unsaturated/α-hetero) is 1. The van der Waals surface area contributed by atoms with Crippen molar-refractivity contribution in [3.05, 3.63) is 11.1 Å². The zero-order chi connectivity index (χ0) is 33.2. The largest absolute Gasteiger partial charge is 0.459 e. The molecule has 2 saturated carbocycles. The van der Waals surface area contributed by atoms with E-state index in [1.165, 1.54) is 20.8 Å². The quantitative estimate of drug-likeness (QED) is 0.109. The third kappa shape index (κ3) is 6.81. The molecule has 1 unspecified atom stereocenters. The van der Waals surface area contributed by atoms with Crippen molar-refractivity contribution in [1.29, 1.82) is 0 Å². The Morgan fingerprint density at radius 2 is 1.72 bits per heavy atom. The van der Waals surface area contributed by atoms with E-state index < -0.39 is 101 Å². The molecule has 0 aromatic rings. The number of carbonyl (C=O) groups is 4. The van der Waals surface area contributed by atoms with E-state index in [2.05, 4.69) is 5.32 Å². The molecule has 1 amide bonds. The molecule has 14 nitrogen and oxygen atoms in total. The van der Waals surface area contributed by atoms with E-state index in [9.17, 15) is 44.7 Å². The van der Waals surface area contributed by atoms with Crippen molar-refractivity contribution in [3.8, 4) is 0 Å². The van der Waals surface area contributed by atoms with Gasteiger partial charge in [0, 0.05) is 119 Å². The van der Waals surface area contributed by atoms with Gasteiger partial charge in [-0.1, -0.05) is 20.8 Å². The molecular weight excluding hydrogens is 1040 g/mol. The molecule has 16 heteroatoms. The van der Waals surface area contributed by atoms with Crippen molar-refractivity contribution in [2.24, 2.45) is 16.7 Å². The van der Waals surface area contributed by atoms with Gasteiger partial charge >= 0.3 is 18.0 Å². The fourth-order valence-electron chi connectivity index (χ4n) is 7.71. The smallest absolute Gasteiger partial charge is 0.407 e. The molecule has 0 spiro atoms. The number of carbonyl (C=O) groups excluding carboxylic acids is 4. The van der Waals surface area contributed by atoms with Crippen LogP contribution in [0.2, 0.25) is 0 Å². The summed E-state index contributed by atoms with van der Waals surface area (Å²) in [7, 11) is 0. The molecular formula is C30H45Ac2NO13. The van der Waals surface area contributed by atoms with Crippen molar-refractivity contribution in [2.45, 2.75) is 122 Å². The normalized spacial score (nSPS) is 38.8. The number of nitrogens with one attached hydrogen (secondary N) is 1. The number of ether oxygens (including phenoxy) is 4. The zero-order valence-electron chi connectivity index (χ0n) is 27.3. The maximum Gasteiger partial charge on any atom is 0.407 e. The van der Waals surface area contributed by atoms with Crippen LogP contribution in [0.1, 0.15) is 67.7 Å². The van der Waals surface area contributed by atoms with Crippen LogP contribution in [0.3, 0.4) is 0 Å². The number of amides is 1. The maximum absolute atomic E-state index is 14.2. The van der Waals surface area contributed by atoms with Gasteiger partial charge in [0.1, 0.15) is 29.5 Å². The topological polar surface area (TPSA) is 218 Å². The Bertz CT molecular complexity index is 1250. The van der Waals surface area contributed by atoms with E-state index >= 15 is 0 Å². The molecule has 254 valence electrons. The molecule has 2 radical (unpaired) electrons. The number of fused-ring (bicyclic) bond motifs is 5. The number of aliphatic hydroxyl groups excluding tert-OH is 3. The Morgan fingerprint density at radius 3 is 2.24 bits per heavy atom. The van der Waals surface area contributed by atoms with Crippen LogP contribution in [0.4, 0.5) is 4.79 Å². The van der Waals surface area contributed by atoms with E-state index in [-0.39, 0.29) is 119 Å². The van der Waals surface area contributed by atoms with Crippen LogP contribution in [0.15, 0.2) is 11.1 Å². The molecule has 0 aromatic carbocycles. The van der Waals surface area contributed by atoms with Gasteiger partial charge in [-0.3, -0.25) is 9.59 Å². The summed E-state index contributed by atoms with van der Waals surface area (Å²) in [6.07, 6.45) is -10.00. The Balaban J connectivity index is 0.00000368. The number of alkyl carbamates (subject to hydrolysis) is 1. The molecule has 3 aliphatic carbocycles. The van der Waals surface area contributed by atoms with E-state index in [1.54, 1.807) is 20.8 Å². The van der Waals surface area contributed by atoms with Gasteiger partial charge in [-0.15, -0.1) is 0 Å². The molecule has 3 fully saturated rings. The average Bonchev–Trinajstić information content (AvgIpc) is 2.93. The SMILES string of the molecule is CCCOC(=O)N[C@@H](C)[C@@H](O)C(=O)OC1C[C@@]2(O)[C@@H](OC(C)=O)[C@@H]3[C@]4(O)CO[C@@H]4C[C@H](O)[C@@]3(C)C(=O)[C@H](O)C(=C1C)C2(C)C.[Ac].[Ac]. The third-order valence-electron chi connectivity index (χ3n) is 10.4. The summed E-state index contributed by atoms with van der Waals surface area (Å²) < 4.78 is 21.8.